The highest BCUT2D eigenvalue weighted by atomic mass is 14.2. The summed E-state index contributed by atoms with van der Waals surface area (Å²) in [6, 6.07) is 0. The Morgan fingerprint density at radius 2 is 0.870 bits per heavy atom. The summed E-state index contributed by atoms with van der Waals surface area (Å²) in [7, 11) is 0. The van der Waals surface area contributed by atoms with Gasteiger partial charge in [-0.15, -0.1) is 0 Å². The smallest absolute Gasteiger partial charge is 0.0391 e. The van der Waals surface area contributed by atoms with Crippen LogP contribution in [0.4, 0.5) is 0 Å². The van der Waals surface area contributed by atoms with Crippen LogP contribution in [0.15, 0.2) is 0 Å². The van der Waals surface area contributed by atoms with Gasteiger partial charge in [-0.25, -0.2) is 0 Å². The Hall–Kier alpha value is 0. The minimum absolute atomic E-state index is 0.885. The molecule has 1 unspecified atom stereocenters. The highest BCUT2D eigenvalue weighted by Gasteiger charge is 2.12. The molecule has 0 aliphatic carbocycles. The molecular formula is C23H48. The van der Waals surface area contributed by atoms with Crippen LogP contribution in [0.25, 0.3) is 0 Å². The molecule has 0 bridgehead atoms. The van der Waals surface area contributed by atoms with Crippen molar-refractivity contribution in [3.05, 3.63) is 0 Å². The molecule has 0 N–H and O–H groups in total. The van der Waals surface area contributed by atoms with Crippen LogP contribution in [0, 0.1) is 17.8 Å². The Balaban J connectivity index is 3.51. The first-order chi connectivity index (χ1) is 11.1. The Morgan fingerprint density at radius 1 is 0.478 bits per heavy atom. The van der Waals surface area contributed by atoms with E-state index in [4.69, 9.17) is 0 Å². The van der Waals surface area contributed by atoms with Crippen molar-refractivity contribution < 1.29 is 0 Å². The largest absolute Gasteiger partial charge is 0.0654 e. The van der Waals surface area contributed by atoms with Crippen LogP contribution in [0.1, 0.15) is 131 Å². The van der Waals surface area contributed by atoms with E-state index in [9.17, 15) is 0 Å². The minimum Gasteiger partial charge on any atom is -0.0654 e. The maximum Gasteiger partial charge on any atom is -0.0391 e. The second kappa shape index (κ2) is 16.8. The number of unbranched alkanes of at least 4 members (excludes halogenated alkanes) is 10. The molecule has 0 nitrogen and oxygen atoms in total. The second-order valence-corrected chi connectivity index (χ2v) is 8.65. The molecule has 1 atom stereocenters. The van der Waals surface area contributed by atoms with Gasteiger partial charge in [-0.1, -0.05) is 131 Å². The van der Waals surface area contributed by atoms with E-state index in [1.807, 2.05) is 0 Å². The molecule has 140 valence electrons. The molecule has 0 fully saturated rings. The molecule has 0 saturated heterocycles. The Labute approximate surface area is 149 Å². The van der Waals surface area contributed by atoms with E-state index < -0.39 is 0 Å². The quantitative estimate of drug-likeness (QED) is 0.234. The van der Waals surface area contributed by atoms with E-state index in [1.165, 1.54) is 96.3 Å². The molecule has 0 aromatic heterocycles. The van der Waals surface area contributed by atoms with Crippen LogP contribution in [0.3, 0.4) is 0 Å². The first-order valence-corrected chi connectivity index (χ1v) is 11.1. The summed E-state index contributed by atoms with van der Waals surface area (Å²) in [5.74, 6) is 2.76. The fourth-order valence-electron chi connectivity index (χ4n) is 3.66. The van der Waals surface area contributed by atoms with E-state index in [0.29, 0.717) is 0 Å². The van der Waals surface area contributed by atoms with Crippen LogP contribution in [-0.2, 0) is 0 Å². The fraction of sp³-hybridized carbons (Fsp3) is 1.00. The third kappa shape index (κ3) is 16.6. The first-order valence-electron chi connectivity index (χ1n) is 11.1. The normalized spacial score (nSPS) is 13.2. The van der Waals surface area contributed by atoms with Gasteiger partial charge in [0.25, 0.3) is 0 Å². The van der Waals surface area contributed by atoms with Crippen molar-refractivity contribution in [1.29, 1.82) is 0 Å². The number of hydrogen-bond acceptors (Lipinski definition) is 0. The summed E-state index contributed by atoms with van der Waals surface area (Å²) < 4.78 is 0. The van der Waals surface area contributed by atoms with E-state index >= 15 is 0 Å². The average Bonchev–Trinajstić information content (AvgIpc) is 2.50. The molecular weight excluding hydrogens is 276 g/mol. The summed E-state index contributed by atoms with van der Waals surface area (Å²) in [4.78, 5) is 0. The highest BCUT2D eigenvalue weighted by Crippen LogP contribution is 2.25. The van der Waals surface area contributed by atoms with Crippen molar-refractivity contribution in [3.8, 4) is 0 Å². The van der Waals surface area contributed by atoms with E-state index in [1.54, 1.807) is 0 Å². The standard InChI is InChI=1S/C23H48/c1-6-7-8-9-10-13-16-19-23(22(4)5)20-17-14-11-12-15-18-21(2)3/h21-23H,6-20H2,1-5H3. The van der Waals surface area contributed by atoms with E-state index in [2.05, 4.69) is 34.6 Å². The zero-order valence-corrected chi connectivity index (χ0v) is 17.3. The molecule has 0 aromatic rings. The maximum absolute atomic E-state index is 2.44. The minimum atomic E-state index is 0.885. The Bertz CT molecular complexity index is 216. The highest BCUT2D eigenvalue weighted by molar-refractivity contribution is 4.64. The van der Waals surface area contributed by atoms with Crippen LogP contribution in [0.2, 0.25) is 0 Å². The third-order valence-corrected chi connectivity index (χ3v) is 5.48. The first kappa shape index (κ1) is 23.0. The lowest BCUT2D eigenvalue weighted by Gasteiger charge is -2.21. The monoisotopic (exact) mass is 324 g/mol. The molecule has 0 aliphatic rings. The van der Waals surface area contributed by atoms with Crippen LogP contribution >= 0.6 is 0 Å². The zero-order chi connectivity index (χ0) is 17.3. The summed E-state index contributed by atoms with van der Waals surface area (Å²) in [6.45, 7) is 11.9. The van der Waals surface area contributed by atoms with Crippen molar-refractivity contribution in [2.45, 2.75) is 131 Å². The molecule has 0 aliphatic heterocycles. The van der Waals surface area contributed by atoms with Crippen LogP contribution in [-0.4, -0.2) is 0 Å². The third-order valence-electron chi connectivity index (χ3n) is 5.48. The molecule has 0 amide bonds. The van der Waals surface area contributed by atoms with Gasteiger partial charge in [-0.2, -0.15) is 0 Å². The summed E-state index contributed by atoms with van der Waals surface area (Å²) in [5, 5.41) is 0. The maximum atomic E-state index is 2.44. The van der Waals surface area contributed by atoms with Gasteiger partial charge in [-0.3, -0.25) is 0 Å². The van der Waals surface area contributed by atoms with Gasteiger partial charge in [0.15, 0.2) is 0 Å². The lowest BCUT2D eigenvalue weighted by Crippen LogP contribution is -2.08. The van der Waals surface area contributed by atoms with Gasteiger partial charge in [0, 0.05) is 0 Å². The van der Waals surface area contributed by atoms with Gasteiger partial charge >= 0.3 is 0 Å². The number of rotatable bonds is 17. The predicted molar refractivity (Wildman–Crippen MR) is 108 cm³/mol. The van der Waals surface area contributed by atoms with Crippen LogP contribution in [0.5, 0.6) is 0 Å². The second-order valence-electron chi connectivity index (χ2n) is 8.65. The van der Waals surface area contributed by atoms with Crippen molar-refractivity contribution in [1.82, 2.24) is 0 Å². The van der Waals surface area contributed by atoms with Crippen molar-refractivity contribution in [2.24, 2.45) is 17.8 Å². The van der Waals surface area contributed by atoms with Gasteiger partial charge in [0.1, 0.15) is 0 Å². The lowest BCUT2D eigenvalue weighted by molar-refractivity contribution is 0.312. The Kier molecular flexibility index (Phi) is 16.8. The van der Waals surface area contributed by atoms with Gasteiger partial charge < -0.3 is 0 Å². The summed E-state index contributed by atoms with van der Waals surface area (Å²) >= 11 is 0. The summed E-state index contributed by atoms with van der Waals surface area (Å²) in [6.07, 6.45) is 21.9. The predicted octanol–water partition coefficient (Wildman–Crippen LogP) is 8.79. The van der Waals surface area contributed by atoms with Crippen molar-refractivity contribution >= 4 is 0 Å². The molecule has 0 radical (unpaired) electrons. The topological polar surface area (TPSA) is 0 Å². The molecule has 0 spiro atoms. The van der Waals surface area contributed by atoms with Gasteiger partial charge in [0.05, 0.1) is 0 Å². The van der Waals surface area contributed by atoms with Crippen molar-refractivity contribution in [3.63, 3.8) is 0 Å². The molecule has 23 heavy (non-hydrogen) atoms. The number of hydrogen-bond donors (Lipinski definition) is 0. The van der Waals surface area contributed by atoms with Gasteiger partial charge in [0.2, 0.25) is 0 Å². The van der Waals surface area contributed by atoms with Crippen LogP contribution < -0.4 is 0 Å². The molecule has 0 heterocycles. The average molecular weight is 325 g/mol. The van der Waals surface area contributed by atoms with E-state index in [0.717, 1.165) is 17.8 Å². The van der Waals surface area contributed by atoms with Gasteiger partial charge in [-0.05, 0) is 17.8 Å². The SMILES string of the molecule is CCCCCCCCCC(CCCCCCCC(C)C)C(C)C. The fourth-order valence-corrected chi connectivity index (χ4v) is 3.66. The molecule has 0 aromatic carbocycles. The molecule has 0 saturated carbocycles. The van der Waals surface area contributed by atoms with E-state index in [-0.39, 0.29) is 0 Å². The lowest BCUT2D eigenvalue weighted by atomic mass is 9.85. The summed E-state index contributed by atoms with van der Waals surface area (Å²) in [5.41, 5.74) is 0. The zero-order valence-electron chi connectivity index (χ0n) is 17.3. The molecule has 0 rings (SSSR count). The molecule has 0 heteroatoms. The van der Waals surface area contributed by atoms with Crippen molar-refractivity contribution in [2.75, 3.05) is 0 Å². The Morgan fingerprint density at radius 3 is 1.26 bits per heavy atom.